The van der Waals surface area contributed by atoms with E-state index in [-0.39, 0.29) is 5.57 Å². The maximum absolute atomic E-state index is 10.7. The summed E-state index contributed by atoms with van der Waals surface area (Å²) >= 11 is 0. The minimum Gasteiger partial charge on any atom is -0.389 e. The highest BCUT2D eigenvalue weighted by Crippen LogP contribution is 2.19. The molecule has 0 saturated heterocycles. The molecule has 3 N–H and O–H groups in total. The molecule has 4 nitrogen and oxygen atoms in total. The van der Waals surface area contributed by atoms with Crippen LogP contribution in [0.3, 0.4) is 0 Å². The summed E-state index contributed by atoms with van der Waals surface area (Å²) in [6, 6.07) is 0. The number of aliphatic hydroxyl groups is 3. The third-order valence-electron chi connectivity index (χ3n) is 1.72. The van der Waals surface area contributed by atoms with Gasteiger partial charge in [0.25, 0.3) is 0 Å². The molecule has 1 rings (SSSR count). The molecule has 1 aliphatic rings. The molecule has 0 spiro atoms. The largest absolute Gasteiger partial charge is 0.389 e. The summed E-state index contributed by atoms with van der Waals surface area (Å²) in [6.45, 7) is 1.43. The minimum atomic E-state index is -1.39. The molecule has 0 heterocycles. The molecule has 62 valence electrons. The first kappa shape index (κ1) is 8.39. The molecule has 0 aromatic rings. The zero-order valence-electron chi connectivity index (χ0n) is 6.06. The number of carbonyl (C=O) groups excluding carboxylic acids is 1. The van der Waals surface area contributed by atoms with Crippen LogP contribution in [0, 0.1) is 0 Å². The Hall–Kier alpha value is -0.710. The number of aliphatic hydroxyl groups excluding tert-OH is 3. The lowest BCUT2D eigenvalue weighted by atomic mass is 10.1. The Morgan fingerprint density at radius 2 is 2.00 bits per heavy atom. The van der Waals surface area contributed by atoms with Crippen LogP contribution in [0.1, 0.15) is 6.92 Å². The van der Waals surface area contributed by atoms with Gasteiger partial charge in [-0.2, -0.15) is 0 Å². The smallest absolute Gasteiger partial charge is 0.187 e. The molecule has 0 saturated carbocycles. The molecule has 4 heteroatoms. The Balaban J connectivity index is 2.83. The molecule has 1 aliphatic carbocycles. The van der Waals surface area contributed by atoms with Crippen molar-refractivity contribution < 1.29 is 20.1 Å². The average Bonchev–Trinajstić information content (AvgIpc) is 2.17. The quantitative estimate of drug-likeness (QED) is 0.438. The van der Waals surface area contributed by atoms with Gasteiger partial charge in [-0.15, -0.1) is 0 Å². The van der Waals surface area contributed by atoms with Crippen LogP contribution in [0.25, 0.3) is 0 Å². The molecule has 0 aromatic carbocycles. The fourth-order valence-electron chi connectivity index (χ4n) is 1.04. The molecule has 0 aromatic heterocycles. The molecule has 3 atom stereocenters. The summed E-state index contributed by atoms with van der Waals surface area (Å²) in [5.41, 5.74) is 0.183. The fraction of sp³-hybridized carbons (Fsp3) is 0.571. The zero-order chi connectivity index (χ0) is 8.59. The van der Waals surface area contributed by atoms with Crippen molar-refractivity contribution in [3.63, 3.8) is 0 Å². The van der Waals surface area contributed by atoms with Gasteiger partial charge in [0.2, 0.25) is 0 Å². The maximum Gasteiger partial charge on any atom is 0.187 e. The van der Waals surface area contributed by atoms with Crippen molar-refractivity contribution in [2.24, 2.45) is 0 Å². The number of hydrogen-bond acceptors (Lipinski definition) is 4. The van der Waals surface area contributed by atoms with Crippen LogP contribution in [0.2, 0.25) is 0 Å². The zero-order valence-corrected chi connectivity index (χ0v) is 6.06. The number of hydrogen-bond donors (Lipinski definition) is 3. The topological polar surface area (TPSA) is 77.8 Å². The van der Waals surface area contributed by atoms with E-state index in [9.17, 15) is 4.79 Å². The molecule has 0 bridgehead atoms. The van der Waals surface area contributed by atoms with Gasteiger partial charge in [0.05, 0.1) is 6.10 Å². The predicted octanol–water partition coefficient (Wildman–Crippen LogP) is -1.40. The van der Waals surface area contributed by atoms with Crippen LogP contribution in [-0.2, 0) is 4.79 Å². The Bertz CT molecular complexity index is 206. The standard InChI is InChI=1S/C7H10O4/c1-3(8)4-2-5(9)7(11)6(4)10/h2-3,6-8,10-11H,1H3. The van der Waals surface area contributed by atoms with Crippen LogP contribution in [0.15, 0.2) is 11.6 Å². The second kappa shape index (κ2) is 2.73. The van der Waals surface area contributed by atoms with Crippen LogP contribution in [0.5, 0.6) is 0 Å². The second-order valence-electron chi connectivity index (χ2n) is 2.61. The Morgan fingerprint density at radius 1 is 1.45 bits per heavy atom. The molecule has 3 unspecified atom stereocenters. The summed E-state index contributed by atoms with van der Waals surface area (Å²) < 4.78 is 0. The van der Waals surface area contributed by atoms with E-state index >= 15 is 0 Å². The van der Waals surface area contributed by atoms with Gasteiger partial charge in [-0.3, -0.25) is 4.79 Å². The number of rotatable bonds is 1. The van der Waals surface area contributed by atoms with Gasteiger partial charge >= 0.3 is 0 Å². The normalized spacial score (nSPS) is 33.8. The third-order valence-corrected chi connectivity index (χ3v) is 1.72. The van der Waals surface area contributed by atoms with Crippen LogP contribution in [-0.4, -0.2) is 39.4 Å². The molecule has 0 amide bonds. The van der Waals surface area contributed by atoms with Crippen molar-refractivity contribution in [3.8, 4) is 0 Å². The highest BCUT2D eigenvalue weighted by Gasteiger charge is 2.34. The summed E-state index contributed by atoms with van der Waals surface area (Å²) in [4.78, 5) is 10.7. The molecule has 0 fully saturated rings. The summed E-state index contributed by atoms with van der Waals surface area (Å²) in [7, 11) is 0. The predicted molar refractivity (Wildman–Crippen MR) is 36.8 cm³/mol. The molecular formula is C7H10O4. The second-order valence-corrected chi connectivity index (χ2v) is 2.61. The van der Waals surface area contributed by atoms with Crippen molar-refractivity contribution >= 4 is 5.78 Å². The van der Waals surface area contributed by atoms with Crippen LogP contribution < -0.4 is 0 Å². The van der Waals surface area contributed by atoms with Gasteiger partial charge < -0.3 is 15.3 Å². The fourth-order valence-corrected chi connectivity index (χ4v) is 1.04. The van der Waals surface area contributed by atoms with Crippen molar-refractivity contribution in [1.82, 2.24) is 0 Å². The van der Waals surface area contributed by atoms with Crippen molar-refractivity contribution in [2.75, 3.05) is 0 Å². The van der Waals surface area contributed by atoms with E-state index < -0.39 is 24.1 Å². The molecular weight excluding hydrogens is 148 g/mol. The van der Waals surface area contributed by atoms with Crippen LogP contribution in [0.4, 0.5) is 0 Å². The van der Waals surface area contributed by atoms with E-state index in [1.54, 1.807) is 0 Å². The highest BCUT2D eigenvalue weighted by atomic mass is 16.3. The SMILES string of the molecule is CC(O)C1=CC(=O)C(O)C1O. The third kappa shape index (κ3) is 1.33. The van der Waals surface area contributed by atoms with Gasteiger partial charge in [-0.25, -0.2) is 0 Å². The van der Waals surface area contributed by atoms with E-state index in [0.29, 0.717) is 0 Å². The average molecular weight is 158 g/mol. The lowest BCUT2D eigenvalue weighted by molar-refractivity contribution is -0.124. The van der Waals surface area contributed by atoms with E-state index in [1.807, 2.05) is 0 Å². The summed E-state index contributed by atoms with van der Waals surface area (Å²) in [5, 5.41) is 27.0. The van der Waals surface area contributed by atoms with Gasteiger partial charge in [-0.05, 0) is 18.6 Å². The summed E-state index contributed by atoms with van der Waals surface area (Å²) in [5.74, 6) is -0.548. The monoisotopic (exact) mass is 158 g/mol. The van der Waals surface area contributed by atoms with E-state index in [0.717, 1.165) is 6.08 Å². The van der Waals surface area contributed by atoms with Crippen LogP contribution >= 0.6 is 0 Å². The van der Waals surface area contributed by atoms with Gasteiger partial charge in [-0.1, -0.05) is 0 Å². The summed E-state index contributed by atoms with van der Waals surface area (Å²) in [6.07, 6.45) is -2.42. The van der Waals surface area contributed by atoms with Crippen molar-refractivity contribution in [1.29, 1.82) is 0 Å². The number of ketones is 1. The maximum atomic E-state index is 10.7. The minimum absolute atomic E-state index is 0.183. The van der Waals surface area contributed by atoms with Gasteiger partial charge in [0, 0.05) is 0 Å². The van der Waals surface area contributed by atoms with Gasteiger partial charge in [0.1, 0.15) is 12.2 Å². The first-order chi connectivity index (χ1) is 5.04. The molecule has 0 aliphatic heterocycles. The first-order valence-corrected chi connectivity index (χ1v) is 3.33. The lowest BCUT2D eigenvalue weighted by Crippen LogP contribution is -2.30. The van der Waals surface area contributed by atoms with Crippen molar-refractivity contribution in [2.45, 2.75) is 25.2 Å². The Morgan fingerprint density at radius 3 is 2.18 bits per heavy atom. The first-order valence-electron chi connectivity index (χ1n) is 3.33. The van der Waals surface area contributed by atoms with Crippen molar-refractivity contribution in [3.05, 3.63) is 11.6 Å². The number of carbonyl (C=O) groups is 1. The van der Waals surface area contributed by atoms with Gasteiger partial charge in [0.15, 0.2) is 5.78 Å². The van der Waals surface area contributed by atoms with E-state index in [2.05, 4.69) is 0 Å². The Labute approximate surface area is 63.8 Å². The Kier molecular flexibility index (Phi) is 2.08. The lowest BCUT2D eigenvalue weighted by Gasteiger charge is -2.12. The molecule has 0 radical (unpaired) electrons. The van der Waals surface area contributed by atoms with E-state index in [4.69, 9.17) is 15.3 Å². The molecule has 11 heavy (non-hydrogen) atoms. The highest BCUT2D eigenvalue weighted by molar-refractivity contribution is 5.98. The van der Waals surface area contributed by atoms with E-state index in [1.165, 1.54) is 6.92 Å².